The van der Waals surface area contributed by atoms with Crippen molar-refractivity contribution in [1.82, 2.24) is 0 Å². The van der Waals surface area contributed by atoms with Crippen LogP contribution in [0, 0.1) is 0 Å². The van der Waals surface area contributed by atoms with Crippen molar-refractivity contribution in [2.24, 2.45) is 0 Å². The van der Waals surface area contributed by atoms with Crippen LogP contribution in [0.2, 0.25) is 0 Å². The van der Waals surface area contributed by atoms with Crippen molar-refractivity contribution < 1.29 is 4.48 Å². The first-order valence-electron chi connectivity index (χ1n) is 6.68. The summed E-state index contributed by atoms with van der Waals surface area (Å²) in [5, 5.41) is 0. The van der Waals surface area contributed by atoms with Crippen LogP contribution in [0.15, 0.2) is 12.7 Å². The molecule has 2 aliphatic rings. The smallest absolute Gasteiger partial charge is 0.102 e. The maximum Gasteiger partial charge on any atom is 0.102 e. The molecule has 1 heterocycles. The van der Waals surface area contributed by atoms with Crippen LogP contribution in [0.3, 0.4) is 0 Å². The summed E-state index contributed by atoms with van der Waals surface area (Å²) in [7, 11) is 2.50. The number of rotatable bonds is 3. The first-order valence-corrected chi connectivity index (χ1v) is 6.68. The van der Waals surface area contributed by atoms with E-state index in [4.69, 9.17) is 0 Å². The highest BCUT2D eigenvalue weighted by Crippen LogP contribution is 2.43. The standard InChI is InChI=1S/C14H26N/c1-3-9-14(10-5-4-6-11-14)15(2)12-7-8-13-15/h3H,1,4-13H2,2H3/q+1. The van der Waals surface area contributed by atoms with Gasteiger partial charge in [0.25, 0.3) is 0 Å². The number of nitrogens with zero attached hydrogens (tertiary/aromatic N) is 1. The van der Waals surface area contributed by atoms with E-state index in [0.29, 0.717) is 5.54 Å². The van der Waals surface area contributed by atoms with Crippen molar-refractivity contribution >= 4 is 0 Å². The maximum absolute atomic E-state index is 3.99. The van der Waals surface area contributed by atoms with E-state index < -0.39 is 0 Å². The van der Waals surface area contributed by atoms with Crippen molar-refractivity contribution in [3.63, 3.8) is 0 Å². The molecule has 1 nitrogen and oxygen atoms in total. The Bertz CT molecular complexity index is 219. The highest BCUT2D eigenvalue weighted by molar-refractivity contribution is 4.92. The zero-order valence-electron chi connectivity index (χ0n) is 10.3. The summed E-state index contributed by atoms with van der Waals surface area (Å²) >= 11 is 0. The molecule has 0 amide bonds. The molecule has 0 aromatic heterocycles. The lowest BCUT2D eigenvalue weighted by atomic mass is 9.76. The molecule has 1 heteroatoms. The van der Waals surface area contributed by atoms with Crippen molar-refractivity contribution in [2.45, 2.75) is 56.9 Å². The third kappa shape index (κ3) is 1.87. The molecule has 2 fully saturated rings. The number of hydrogen-bond acceptors (Lipinski definition) is 0. The molecule has 15 heavy (non-hydrogen) atoms. The van der Waals surface area contributed by atoms with E-state index in [1.807, 2.05) is 0 Å². The van der Waals surface area contributed by atoms with E-state index in [2.05, 4.69) is 19.7 Å². The van der Waals surface area contributed by atoms with Crippen LogP contribution in [-0.2, 0) is 0 Å². The molecule has 0 aromatic rings. The van der Waals surface area contributed by atoms with Crippen LogP contribution in [0.4, 0.5) is 0 Å². The predicted octanol–water partition coefficient (Wildman–Crippen LogP) is 3.51. The minimum absolute atomic E-state index is 0.566. The van der Waals surface area contributed by atoms with Gasteiger partial charge in [-0.3, -0.25) is 0 Å². The molecule has 0 aromatic carbocycles. The molecule has 0 spiro atoms. The Hall–Kier alpha value is -0.300. The summed E-state index contributed by atoms with van der Waals surface area (Å²) < 4.78 is 1.35. The Morgan fingerprint density at radius 3 is 2.20 bits per heavy atom. The van der Waals surface area contributed by atoms with Crippen LogP contribution in [0.5, 0.6) is 0 Å². The molecule has 0 unspecified atom stereocenters. The lowest BCUT2D eigenvalue weighted by Gasteiger charge is -2.51. The van der Waals surface area contributed by atoms with Crippen LogP contribution in [0.25, 0.3) is 0 Å². The van der Waals surface area contributed by atoms with Gasteiger partial charge in [0.15, 0.2) is 0 Å². The normalized spacial score (nSPS) is 28.9. The SMILES string of the molecule is C=CCC1([N+]2(C)CCCC2)CCCCC1. The Morgan fingerprint density at radius 1 is 1.07 bits per heavy atom. The topological polar surface area (TPSA) is 0 Å². The van der Waals surface area contributed by atoms with E-state index in [1.165, 1.54) is 68.9 Å². The molecule has 1 saturated heterocycles. The fraction of sp³-hybridized carbons (Fsp3) is 0.857. The first-order chi connectivity index (χ1) is 7.22. The third-order valence-electron chi connectivity index (χ3n) is 5.01. The van der Waals surface area contributed by atoms with Gasteiger partial charge in [0.05, 0.1) is 20.1 Å². The number of quaternary nitrogens is 1. The van der Waals surface area contributed by atoms with Gasteiger partial charge in [0.2, 0.25) is 0 Å². The first kappa shape index (κ1) is 11.2. The van der Waals surface area contributed by atoms with E-state index in [1.54, 1.807) is 0 Å². The maximum atomic E-state index is 3.99. The predicted molar refractivity (Wildman–Crippen MR) is 65.8 cm³/mol. The van der Waals surface area contributed by atoms with Crippen LogP contribution in [-0.4, -0.2) is 30.2 Å². The van der Waals surface area contributed by atoms with Crippen LogP contribution < -0.4 is 0 Å². The summed E-state index contributed by atoms with van der Waals surface area (Å²) in [5.74, 6) is 0. The summed E-state index contributed by atoms with van der Waals surface area (Å²) in [5.41, 5.74) is 0.566. The summed E-state index contributed by atoms with van der Waals surface area (Å²) in [6.45, 7) is 6.81. The fourth-order valence-electron chi connectivity index (χ4n) is 3.95. The summed E-state index contributed by atoms with van der Waals surface area (Å²) in [6.07, 6.45) is 13.5. The van der Waals surface area contributed by atoms with E-state index in [9.17, 15) is 0 Å². The van der Waals surface area contributed by atoms with Crippen molar-refractivity contribution in [3.8, 4) is 0 Å². The van der Waals surface area contributed by atoms with Gasteiger partial charge in [0, 0.05) is 32.1 Å². The second-order valence-corrected chi connectivity index (χ2v) is 5.83. The molecule has 0 radical (unpaired) electrons. The zero-order valence-corrected chi connectivity index (χ0v) is 10.3. The van der Waals surface area contributed by atoms with E-state index in [-0.39, 0.29) is 0 Å². The van der Waals surface area contributed by atoms with Gasteiger partial charge in [-0.2, -0.15) is 0 Å². The minimum Gasteiger partial charge on any atom is -0.321 e. The lowest BCUT2D eigenvalue weighted by molar-refractivity contribution is -0.950. The third-order valence-corrected chi connectivity index (χ3v) is 5.01. The largest absolute Gasteiger partial charge is 0.321 e. The monoisotopic (exact) mass is 208 g/mol. The zero-order chi connectivity index (χ0) is 10.8. The molecule has 1 aliphatic heterocycles. The molecular weight excluding hydrogens is 182 g/mol. The molecule has 1 aliphatic carbocycles. The Kier molecular flexibility index (Phi) is 3.20. The molecule has 1 saturated carbocycles. The van der Waals surface area contributed by atoms with Gasteiger partial charge in [-0.05, 0) is 12.8 Å². The minimum atomic E-state index is 0.566. The van der Waals surface area contributed by atoms with Crippen molar-refractivity contribution in [2.75, 3.05) is 20.1 Å². The van der Waals surface area contributed by atoms with Crippen molar-refractivity contribution in [3.05, 3.63) is 12.7 Å². The lowest BCUT2D eigenvalue weighted by Crippen LogP contribution is -2.61. The van der Waals surface area contributed by atoms with Crippen molar-refractivity contribution in [1.29, 1.82) is 0 Å². The quantitative estimate of drug-likeness (QED) is 0.492. The van der Waals surface area contributed by atoms with Gasteiger partial charge >= 0.3 is 0 Å². The molecule has 0 bridgehead atoms. The molecule has 0 atom stereocenters. The second kappa shape index (κ2) is 4.29. The average molecular weight is 208 g/mol. The van der Waals surface area contributed by atoms with Gasteiger partial charge in [-0.15, -0.1) is 6.58 Å². The van der Waals surface area contributed by atoms with Gasteiger partial charge < -0.3 is 4.48 Å². The summed E-state index contributed by atoms with van der Waals surface area (Å²) in [4.78, 5) is 0. The van der Waals surface area contributed by atoms with Crippen LogP contribution in [0.1, 0.15) is 51.4 Å². The Balaban J connectivity index is 2.19. The van der Waals surface area contributed by atoms with E-state index in [0.717, 1.165) is 0 Å². The summed E-state index contributed by atoms with van der Waals surface area (Å²) in [6, 6.07) is 0. The number of hydrogen-bond donors (Lipinski definition) is 0. The number of likely N-dealkylation sites (tertiary alicyclic amines) is 1. The molecule has 86 valence electrons. The molecule has 2 rings (SSSR count). The highest BCUT2D eigenvalue weighted by atomic mass is 15.4. The van der Waals surface area contributed by atoms with Gasteiger partial charge in [-0.25, -0.2) is 0 Å². The molecule has 0 N–H and O–H groups in total. The second-order valence-electron chi connectivity index (χ2n) is 5.83. The Morgan fingerprint density at radius 2 is 1.67 bits per heavy atom. The highest BCUT2D eigenvalue weighted by Gasteiger charge is 2.48. The molecular formula is C14H26N+. The fourth-order valence-corrected chi connectivity index (χ4v) is 3.95. The van der Waals surface area contributed by atoms with Gasteiger partial charge in [0.1, 0.15) is 5.54 Å². The van der Waals surface area contributed by atoms with E-state index >= 15 is 0 Å². The van der Waals surface area contributed by atoms with Crippen LogP contribution >= 0.6 is 0 Å². The van der Waals surface area contributed by atoms with Gasteiger partial charge in [-0.1, -0.05) is 12.5 Å². The Labute approximate surface area is 94.8 Å². The average Bonchev–Trinajstić information content (AvgIpc) is 2.69.